The predicted molar refractivity (Wildman–Crippen MR) is 66.4 cm³/mol. The van der Waals surface area contributed by atoms with Gasteiger partial charge in [-0.15, -0.1) is 0 Å². The molecule has 1 aromatic carbocycles. The Balaban J connectivity index is 2.16. The first-order valence-corrected chi connectivity index (χ1v) is 6.92. The Morgan fingerprint density at radius 2 is 2.11 bits per heavy atom. The van der Waals surface area contributed by atoms with Crippen molar-refractivity contribution in [1.82, 2.24) is 9.71 Å². The maximum Gasteiger partial charge on any atom is 0.240 e. The molecule has 18 heavy (non-hydrogen) atoms. The van der Waals surface area contributed by atoms with Gasteiger partial charge in [0.15, 0.2) is 6.39 Å². The van der Waals surface area contributed by atoms with Crippen LogP contribution in [0.15, 0.2) is 40.0 Å². The molecule has 0 aliphatic rings. The van der Waals surface area contributed by atoms with Gasteiger partial charge in [-0.2, -0.15) is 0 Å². The standard InChI is InChI=1S/C12H14N2O3S/c1-9-4-3-5-11(6-9)18(15,16)14-7-12-10(2)13-8-17-12/h3-6,8,14H,7H2,1-2H3. The van der Waals surface area contributed by atoms with Gasteiger partial charge in [0.25, 0.3) is 0 Å². The van der Waals surface area contributed by atoms with Crippen LogP contribution in [0.3, 0.4) is 0 Å². The summed E-state index contributed by atoms with van der Waals surface area (Å²) in [6, 6.07) is 6.74. The summed E-state index contributed by atoms with van der Waals surface area (Å²) in [4.78, 5) is 4.15. The first-order valence-electron chi connectivity index (χ1n) is 5.44. The molecule has 6 heteroatoms. The second kappa shape index (κ2) is 4.91. The highest BCUT2D eigenvalue weighted by molar-refractivity contribution is 7.89. The van der Waals surface area contributed by atoms with Crippen LogP contribution < -0.4 is 4.72 Å². The van der Waals surface area contributed by atoms with E-state index >= 15 is 0 Å². The van der Waals surface area contributed by atoms with Crippen LogP contribution >= 0.6 is 0 Å². The van der Waals surface area contributed by atoms with Crippen LogP contribution in [0.4, 0.5) is 0 Å². The van der Waals surface area contributed by atoms with Gasteiger partial charge in [-0.1, -0.05) is 12.1 Å². The smallest absolute Gasteiger partial charge is 0.240 e. The molecule has 1 heterocycles. The third kappa shape index (κ3) is 2.77. The van der Waals surface area contributed by atoms with E-state index in [0.29, 0.717) is 11.5 Å². The Bertz CT molecular complexity index is 647. The number of nitrogens with zero attached hydrogens (tertiary/aromatic N) is 1. The van der Waals surface area contributed by atoms with Gasteiger partial charge in [0.2, 0.25) is 10.0 Å². The lowest BCUT2D eigenvalue weighted by Crippen LogP contribution is -2.23. The molecule has 0 spiro atoms. The second-order valence-corrected chi connectivity index (χ2v) is 5.77. The lowest BCUT2D eigenvalue weighted by Gasteiger charge is -2.06. The number of oxazole rings is 1. The minimum atomic E-state index is -3.51. The van der Waals surface area contributed by atoms with Crippen LogP contribution in [0, 0.1) is 13.8 Å². The molecular weight excluding hydrogens is 252 g/mol. The molecule has 0 bridgehead atoms. The first-order chi connectivity index (χ1) is 8.49. The maximum absolute atomic E-state index is 12.0. The van der Waals surface area contributed by atoms with E-state index in [9.17, 15) is 8.42 Å². The Morgan fingerprint density at radius 1 is 1.33 bits per heavy atom. The van der Waals surface area contributed by atoms with Crippen molar-refractivity contribution in [3.05, 3.63) is 47.7 Å². The summed E-state index contributed by atoms with van der Waals surface area (Å²) in [5.41, 5.74) is 1.58. The summed E-state index contributed by atoms with van der Waals surface area (Å²) >= 11 is 0. The monoisotopic (exact) mass is 266 g/mol. The molecule has 0 fully saturated rings. The zero-order chi connectivity index (χ0) is 13.2. The van der Waals surface area contributed by atoms with Gasteiger partial charge in [0.05, 0.1) is 17.1 Å². The third-order valence-electron chi connectivity index (χ3n) is 2.57. The summed E-state index contributed by atoms with van der Waals surface area (Å²) in [7, 11) is -3.51. The molecular formula is C12H14N2O3S. The molecule has 96 valence electrons. The summed E-state index contributed by atoms with van der Waals surface area (Å²) in [6.07, 6.45) is 1.30. The largest absolute Gasteiger partial charge is 0.447 e. The molecule has 5 nitrogen and oxygen atoms in total. The normalized spacial score (nSPS) is 11.7. The average molecular weight is 266 g/mol. The van der Waals surface area contributed by atoms with Gasteiger partial charge in [-0.3, -0.25) is 0 Å². The number of aryl methyl sites for hydroxylation is 2. The first kappa shape index (κ1) is 12.8. The molecule has 0 amide bonds. The van der Waals surface area contributed by atoms with Crippen molar-refractivity contribution >= 4 is 10.0 Å². The molecule has 2 aromatic rings. The molecule has 0 atom stereocenters. The van der Waals surface area contributed by atoms with Crippen molar-refractivity contribution in [3.8, 4) is 0 Å². The Hall–Kier alpha value is -1.66. The van der Waals surface area contributed by atoms with Gasteiger partial charge in [0.1, 0.15) is 5.76 Å². The van der Waals surface area contributed by atoms with Crippen LogP contribution in [0.25, 0.3) is 0 Å². The fourth-order valence-electron chi connectivity index (χ4n) is 1.52. The zero-order valence-electron chi connectivity index (χ0n) is 10.2. The fourth-order valence-corrected chi connectivity index (χ4v) is 2.61. The average Bonchev–Trinajstić information content (AvgIpc) is 2.72. The molecule has 1 aromatic heterocycles. The lowest BCUT2D eigenvalue weighted by molar-refractivity contribution is 0.492. The van der Waals surface area contributed by atoms with Crippen LogP contribution in [-0.4, -0.2) is 13.4 Å². The van der Waals surface area contributed by atoms with Crippen LogP contribution in [0.2, 0.25) is 0 Å². The number of hydrogen-bond donors (Lipinski definition) is 1. The minimum absolute atomic E-state index is 0.0993. The van der Waals surface area contributed by atoms with Crippen molar-refractivity contribution in [3.63, 3.8) is 0 Å². The van der Waals surface area contributed by atoms with Gasteiger partial charge in [-0.25, -0.2) is 18.1 Å². The Kier molecular flexibility index (Phi) is 3.49. The van der Waals surface area contributed by atoms with Gasteiger partial charge in [0, 0.05) is 0 Å². The molecule has 0 saturated carbocycles. The molecule has 0 aliphatic heterocycles. The molecule has 2 rings (SSSR count). The number of aromatic nitrogens is 1. The second-order valence-electron chi connectivity index (χ2n) is 4.00. The summed E-state index contributed by atoms with van der Waals surface area (Å²) in [5.74, 6) is 0.520. The number of sulfonamides is 1. The SMILES string of the molecule is Cc1cccc(S(=O)(=O)NCc2ocnc2C)c1. The van der Waals surface area contributed by atoms with Crippen molar-refractivity contribution in [2.75, 3.05) is 0 Å². The van der Waals surface area contributed by atoms with E-state index in [1.54, 1.807) is 25.1 Å². The van der Waals surface area contributed by atoms with E-state index in [1.807, 2.05) is 13.0 Å². The highest BCUT2D eigenvalue weighted by Crippen LogP contribution is 2.12. The van der Waals surface area contributed by atoms with Crippen molar-refractivity contribution < 1.29 is 12.8 Å². The summed E-state index contributed by atoms with van der Waals surface area (Å²) < 4.78 is 31.6. The van der Waals surface area contributed by atoms with E-state index in [2.05, 4.69) is 9.71 Å². The Morgan fingerprint density at radius 3 is 2.72 bits per heavy atom. The number of benzene rings is 1. The van der Waals surface area contributed by atoms with E-state index in [0.717, 1.165) is 5.56 Å². The van der Waals surface area contributed by atoms with Crippen LogP contribution in [-0.2, 0) is 16.6 Å². The topological polar surface area (TPSA) is 72.2 Å². The Labute approximate surface area is 106 Å². The van der Waals surface area contributed by atoms with E-state index < -0.39 is 10.0 Å². The van der Waals surface area contributed by atoms with Crippen molar-refractivity contribution in [2.45, 2.75) is 25.3 Å². The number of nitrogens with one attached hydrogen (secondary N) is 1. The van der Waals surface area contributed by atoms with Crippen LogP contribution in [0.1, 0.15) is 17.0 Å². The van der Waals surface area contributed by atoms with E-state index in [1.165, 1.54) is 6.39 Å². The van der Waals surface area contributed by atoms with Gasteiger partial charge in [-0.05, 0) is 31.5 Å². The van der Waals surface area contributed by atoms with E-state index in [4.69, 9.17) is 4.42 Å². The lowest BCUT2D eigenvalue weighted by atomic mass is 10.2. The zero-order valence-corrected chi connectivity index (χ0v) is 11.0. The molecule has 0 unspecified atom stereocenters. The molecule has 0 saturated heterocycles. The van der Waals surface area contributed by atoms with Crippen molar-refractivity contribution in [2.24, 2.45) is 0 Å². The van der Waals surface area contributed by atoms with Crippen LogP contribution in [0.5, 0.6) is 0 Å². The predicted octanol–water partition coefficient (Wildman–Crippen LogP) is 1.77. The van der Waals surface area contributed by atoms with Gasteiger partial charge < -0.3 is 4.42 Å². The minimum Gasteiger partial charge on any atom is -0.447 e. The van der Waals surface area contributed by atoms with E-state index in [-0.39, 0.29) is 11.4 Å². The quantitative estimate of drug-likeness (QED) is 0.915. The highest BCUT2D eigenvalue weighted by atomic mass is 32.2. The van der Waals surface area contributed by atoms with Gasteiger partial charge >= 0.3 is 0 Å². The summed E-state index contributed by atoms with van der Waals surface area (Å²) in [5, 5.41) is 0. The third-order valence-corrected chi connectivity index (χ3v) is 3.97. The number of rotatable bonds is 4. The molecule has 0 aliphatic carbocycles. The highest BCUT2D eigenvalue weighted by Gasteiger charge is 2.15. The molecule has 0 radical (unpaired) electrons. The molecule has 1 N–H and O–H groups in total. The maximum atomic E-state index is 12.0. The summed E-state index contributed by atoms with van der Waals surface area (Å²) in [6.45, 7) is 3.71. The number of hydrogen-bond acceptors (Lipinski definition) is 4. The van der Waals surface area contributed by atoms with Crippen molar-refractivity contribution in [1.29, 1.82) is 0 Å². The fraction of sp³-hybridized carbons (Fsp3) is 0.250.